The summed E-state index contributed by atoms with van der Waals surface area (Å²) in [6.45, 7) is 1.38. The van der Waals surface area contributed by atoms with Crippen LogP contribution in [0.2, 0.25) is 5.02 Å². The topological polar surface area (TPSA) is 78.8 Å². The van der Waals surface area contributed by atoms with Crippen LogP contribution in [0.3, 0.4) is 0 Å². The Labute approximate surface area is 156 Å². The van der Waals surface area contributed by atoms with Crippen LogP contribution in [0.25, 0.3) is 11.6 Å². The minimum atomic E-state index is 0.407. The van der Waals surface area contributed by atoms with Crippen LogP contribution in [0.15, 0.2) is 47.0 Å². The lowest BCUT2D eigenvalue weighted by Gasteiger charge is -2.23. The van der Waals surface area contributed by atoms with Gasteiger partial charge < -0.3 is 9.32 Å². The Kier molecular flexibility index (Phi) is 4.55. The van der Waals surface area contributed by atoms with Crippen molar-refractivity contribution in [1.82, 2.24) is 15.2 Å². The summed E-state index contributed by atoms with van der Waals surface area (Å²) in [6, 6.07) is 13.1. The molecule has 0 amide bonds. The second-order valence-corrected chi connectivity index (χ2v) is 6.72. The molecule has 0 aliphatic heterocycles. The Balaban J connectivity index is 1.57. The number of nitriles is 1. The summed E-state index contributed by atoms with van der Waals surface area (Å²) in [5.74, 6) is 1.60. The predicted molar refractivity (Wildman–Crippen MR) is 97.5 cm³/mol. The Morgan fingerprint density at radius 3 is 2.81 bits per heavy atom. The van der Waals surface area contributed by atoms with E-state index in [2.05, 4.69) is 26.2 Å². The van der Waals surface area contributed by atoms with E-state index in [9.17, 15) is 0 Å². The van der Waals surface area contributed by atoms with Crippen molar-refractivity contribution >= 4 is 17.3 Å². The summed E-state index contributed by atoms with van der Waals surface area (Å²) in [7, 11) is 0. The molecule has 1 aliphatic carbocycles. The summed E-state index contributed by atoms with van der Waals surface area (Å²) in [4.78, 5) is 6.40. The number of aromatic nitrogens is 3. The zero-order valence-electron chi connectivity index (χ0n) is 14.0. The number of benzene rings is 1. The van der Waals surface area contributed by atoms with Gasteiger partial charge in [-0.15, -0.1) is 10.2 Å². The van der Waals surface area contributed by atoms with E-state index in [1.54, 1.807) is 12.3 Å². The quantitative estimate of drug-likeness (QED) is 0.655. The van der Waals surface area contributed by atoms with Gasteiger partial charge in [0.1, 0.15) is 11.8 Å². The lowest BCUT2D eigenvalue weighted by atomic mass is 10.2. The maximum absolute atomic E-state index is 9.06. The molecule has 2 heterocycles. The molecular weight excluding hydrogens is 350 g/mol. The molecule has 0 saturated heterocycles. The lowest BCUT2D eigenvalue weighted by molar-refractivity contribution is 0.493. The summed E-state index contributed by atoms with van der Waals surface area (Å²) in [5.41, 5.74) is 2.07. The van der Waals surface area contributed by atoms with E-state index in [0.717, 1.165) is 12.2 Å². The fourth-order valence-corrected chi connectivity index (χ4v) is 2.96. The van der Waals surface area contributed by atoms with Crippen LogP contribution in [0, 0.1) is 17.2 Å². The number of rotatable bonds is 6. The number of nitrogens with zero attached hydrogens (tertiary/aromatic N) is 5. The molecule has 1 aromatic carbocycles. The van der Waals surface area contributed by atoms with Gasteiger partial charge in [0, 0.05) is 18.4 Å². The Bertz CT molecular complexity index is 946. The molecule has 6 nitrogen and oxygen atoms in total. The highest BCUT2D eigenvalue weighted by atomic mass is 35.5. The molecule has 26 heavy (non-hydrogen) atoms. The third-order valence-electron chi connectivity index (χ3n) is 4.29. The molecule has 7 heteroatoms. The Hall–Kier alpha value is -2.91. The summed E-state index contributed by atoms with van der Waals surface area (Å²) in [6.07, 6.45) is 4.14. The average Bonchev–Trinajstić information content (AvgIpc) is 3.37. The third-order valence-corrected chi connectivity index (χ3v) is 4.60. The Morgan fingerprint density at radius 2 is 2.12 bits per heavy atom. The zero-order valence-corrected chi connectivity index (χ0v) is 14.7. The minimum Gasteiger partial charge on any atom is -0.417 e. The molecule has 3 aromatic rings. The minimum absolute atomic E-state index is 0.407. The van der Waals surface area contributed by atoms with Crippen LogP contribution in [-0.2, 0) is 6.54 Å². The molecule has 1 fully saturated rings. The fraction of sp³-hybridized carbons (Fsp3) is 0.263. The van der Waals surface area contributed by atoms with Crippen LogP contribution in [-0.4, -0.2) is 21.7 Å². The molecule has 1 saturated carbocycles. The molecule has 0 radical (unpaired) electrons. The SMILES string of the molecule is N#Cc1ccc(N(Cc2nnc(-c3ccccn3)o2)CC2CC2)cc1Cl. The van der Waals surface area contributed by atoms with Crippen LogP contribution in [0.4, 0.5) is 5.69 Å². The van der Waals surface area contributed by atoms with Crippen molar-refractivity contribution in [1.29, 1.82) is 5.26 Å². The van der Waals surface area contributed by atoms with Gasteiger partial charge in [0.25, 0.3) is 5.89 Å². The first kappa shape index (κ1) is 16.6. The van der Waals surface area contributed by atoms with Crippen molar-refractivity contribution in [2.24, 2.45) is 5.92 Å². The van der Waals surface area contributed by atoms with Crippen LogP contribution in [0.1, 0.15) is 24.3 Å². The monoisotopic (exact) mass is 365 g/mol. The normalized spacial score (nSPS) is 13.4. The molecule has 0 spiro atoms. The van der Waals surface area contributed by atoms with Gasteiger partial charge in [-0.25, -0.2) is 0 Å². The fourth-order valence-electron chi connectivity index (χ4n) is 2.74. The van der Waals surface area contributed by atoms with E-state index in [1.807, 2.05) is 30.3 Å². The van der Waals surface area contributed by atoms with E-state index in [0.29, 0.717) is 40.5 Å². The molecule has 0 bridgehead atoms. The van der Waals surface area contributed by atoms with Crippen molar-refractivity contribution in [3.05, 3.63) is 59.1 Å². The van der Waals surface area contributed by atoms with Crippen molar-refractivity contribution in [3.8, 4) is 17.7 Å². The van der Waals surface area contributed by atoms with Gasteiger partial charge >= 0.3 is 0 Å². The van der Waals surface area contributed by atoms with Gasteiger partial charge in [-0.3, -0.25) is 4.98 Å². The summed E-state index contributed by atoms with van der Waals surface area (Å²) in [5, 5.41) is 17.8. The first-order chi connectivity index (χ1) is 12.7. The van der Waals surface area contributed by atoms with E-state index in [4.69, 9.17) is 21.3 Å². The third kappa shape index (κ3) is 3.68. The van der Waals surface area contributed by atoms with Crippen LogP contribution < -0.4 is 4.90 Å². The highest BCUT2D eigenvalue weighted by molar-refractivity contribution is 6.32. The zero-order chi connectivity index (χ0) is 17.9. The second kappa shape index (κ2) is 7.14. The van der Waals surface area contributed by atoms with Gasteiger partial charge in [-0.05, 0) is 49.1 Å². The molecule has 0 atom stereocenters. The van der Waals surface area contributed by atoms with E-state index in [1.165, 1.54) is 12.8 Å². The number of hydrogen-bond acceptors (Lipinski definition) is 6. The average molecular weight is 366 g/mol. The van der Waals surface area contributed by atoms with E-state index < -0.39 is 0 Å². The van der Waals surface area contributed by atoms with Gasteiger partial charge in [-0.2, -0.15) is 5.26 Å². The van der Waals surface area contributed by atoms with E-state index in [-0.39, 0.29) is 0 Å². The first-order valence-corrected chi connectivity index (χ1v) is 8.79. The number of halogens is 1. The van der Waals surface area contributed by atoms with Crippen molar-refractivity contribution in [3.63, 3.8) is 0 Å². The van der Waals surface area contributed by atoms with Gasteiger partial charge in [0.05, 0.1) is 17.1 Å². The number of anilines is 1. The molecule has 0 unspecified atom stereocenters. The summed E-state index contributed by atoms with van der Waals surface area (Å²) >= 11 is 6.20. The maximum atomic E-state index is 9.06. The molecule has 2 aromatic heterocycles. The van der Waals surface area contributed by atoms with Crippen molar-refractivity contribution in [2.45, 2.75) is 19.4 Å². The molecular formula is C19H16ClN5O. The standard InChI is InChI=1S/C19H16ClN5O/c20-16-9-15(7-6-14(16)10-21)25(11-13-4-5-13)12-18-23-24-19(26-18)17-3-1-2-8-22-17/h1-3,6-9,13H,4-5,11-12H2. The highest BCUT2D eigenvalue weighted by Gasteiger charge is 2.26. The Morgan fingerprint density at radius 1 is 1.23 bits per heavy atom. The molecule has 1 aliphatic rings. The van der Waals surface area contributed by atoms with E-state index >= 15 is 0 Å². The molecule has 0 N–H and O–H groups in total. The van der Waals surface area contributed by atoms with Gasteiger partial charge in [-0.1, -0.05) is 17.7 Å². The maximum Gasteiger partial charge on any atom is 0.266 e. The van der Waals surface area contributed by atoms with Crippen LogP contribution >= 0.6 is 11.6 Å². The predicted octanol–water partition coefficient (Wildman–Crippen LogP) is 4.07. The first-order valence-electron chi connectivity index (χ1n) is 8.41. The van der Waals surface area contributed by atoms with Crippen LogP contribution in [0.5, 0.6) is 0 Å². The molecule has 4 rings (SSSR count). The lowest BCUT2D eigenvalue weighted by Crippen LogP contribution is -2.25. The number of hydrogen-bond donors (Lipinski definition) is 0. The largest absolute Gasteiger partial charge is 0.417 e. The van der Waals surface area contributed by atoms with Crippen molar-refractivity contribution < 1.29 is 4.42 Å². The van der Waals surface area contributed by atoms with Gasteiger partial charge in [0.15, 0.2) is 0 Å². The smallest absolute Gasteiger partial charge is 0.266 e. The second-order valence-electron chi connectivity index (χ2n) is 6.32. The summed E-state index contributed by atoms with van der Waals surface area (Å²) < 4.78 is 5.79. The highest BCUT2D eigenvalue weighted by Crippen LogP contribution is 2.33. The molecule has 130 valence electrons. The number of pyridine rings is 1. The van der Waals surface area contributed by atoms with Gasteiger partial charge in [0.2, 0.25) is 5.89 Å². The van der Waals surface area contributed by atoms with Crippen molar-refractivity contribution in [2.75, 3.05) is 11.4 Å².